The van der Waals surface area contributed by atoms with Crippen LogP contribution in [0, 0.1) is 0 Å². The van der Waals surface area contributed by atoms with Crippen molar-refractivity contribution in [3.63, 3.8) is 0 Å². The van der Waals surface area contributed by atoms with Crippen molar-refractivity contribution in [3.05, 3.63) is 51.2 Å². The molecule has 0 radical (unpaired) electrons. The fourth-order valence-corrected chi connectivity index (χ4v) is 4.06. The van der Waals surface area contributed by atoms with Gasteiger partial charge in [0.15, 0.2) is 0 Å². The minimum absolute atomic E-state index is 0.0309. The Morgan fingerprint density at radius 2 is 2.05 bits per heavy atom. The van der Waals surface area contributed by atoms with E-state index in [0.717, 1.165) is 42.7 Å². The van der Waals surface area contributed by atoms with Crippen LogP contribution in [0.4, 0.5) is 5.69 Å². The summed E-state index contributed by atoms with van der Waals surface area (Å²) in [4.78, 5) is 14.0. The lowest BCUT2D eigenvalue weighted by atomic mass is 9.95. The van der Waals surface area contributed by atoms with E-state index >= 15 is 0 Å². The fraction of sp³-hybridized carbons (Fsp3) is 0.389. The maximum atomic E-state index is 12.6. The average Bonchev–Trinajstić information content (AvgIpc) is 2.98. The van der Waals surface area contributed by atoms with Crippen LogP contribution in [0.2, 0.25) is 0 Å². The highest BCUT2D eigenvalue weighted by molar-refractivity contribution is 7.10. The van der Waals surface area contributed by atoms with E-state index in [1.165, 1.54) is 23.3 Å². The molecule has 3 nitrogen and oxygen atoms in total. The van der Waals surface area contributed by atoms with E-state index in [0.29, 0.717) is 0 Å². The summed E-state index contributed by atoms with van der Waals surface area (Å²) in [7, 11) is 0. The van der Waals surface area contributed by atoms with Crippen molar-refractivity contribution in [2.75, 3.05) is 11.9 Å². The van der Waals surface area contributed by atoms with Crippen LogP contribution < -0.4 is 10.6 Å². The molecule has 0 bridgehead atoms. The normalized spacial score (nSPS) is 13.7. The summed E-state index contributed by atoms with van der Waals surface area (Å²) >= 11 is 1.74. The number of carbonyl (C=O) groups excluding carboxylic acids is 1. The quantitative estimate of drug-likeness (QED) is 0.876. The Bertz CT molecular complexity index is 663. The number of benzene rings is 1. The van der Waals surface area contributed by atoms with Crippen LogP contribution in [0.1, 0.15) is 46.1 Å². The standard InChI is InChI=1S/C18H22N2OS/c1-2-19-11-13-7-3-5-9-16(13)20-18(21)15-12-22-17-10-6-4-8-14(15)17/h3,5,7,9,12,19H,2,4,6,8,10-11H2,1H3,(H,20,21). The molecule has 22 heavy (non-hydrogen) atoms. The molecule has 1 aliphatic carbocycles. The van der Waals surface area contributed by atoms with Crippen LogP contribution in [0.5, 0.6) is 0 Å². The summed E-state index contributed by atoms with van der Waals surface area (Å²) in [6.07, 6.45) is 4.62. The third kappa shape index (κ3) is 3.23. The number of carbonyl (C=O) groups is 1. The molecule has 2 N–H and O–H groups in total. The van der Waals surface area contributed by atoms with Gasteiger partial charge in [-0.25, -0.2) is 0 Å². The van der Waals surface area contributed by atoms with Crippen molar-refractivity contribution in [2.24, 2.45) is 0 Å². The van der Waals surface area contributed by atoms with Gasteiger partial charge in [-0.15, -0.1) is 11.3 Å². The largest absolute Gasteiger partial charge is 0.322 e. The molecule has 1 amide bonds. The number of thiophene rings is 1. The molecule has 4 heteroatoms. The SMILES string of the molecule is CCNCc1ccccc1NC(=O)c1csc2c1CCCC2. The summed E-state index contributed by atoms with van der Waals surface area (Å²) in [6.45, 7) is 3.77. The van der Waals surface area contributed by atoms with Gasteiger partial charge in [0.1, 0.15) is 0 Å². The van der Waals surface area contributed by atoms with Gasteiger partial charge in [-0.1, -0.05) is 25.1 Å². The van der Waals surface area contributed by atoms with Gasteiger partial charge in [-0.3, -0.25) is 4.79 Å². The Labute approximate surface area is 135 Å². The molecule has 0 spiro atoms. The van der Waals surface area contributed by atoms with E-state index in [9.17, 15) is 4.79 Å². The zero-order chi connectivity index (χ0) is 15.4. The number of para-hydroxylation sites is 1. The molecule has 116 valence electrons. The highest BCUT2D eigenvalue weighted by Crippen LogP contribution is 2.30. The van der Waals surface area contributed by atoms with Gasteiger partial charge < -0.3 is 10.6 Å². The highest BCUT2D eigenvalue weighted by atomic mass is 32.1. The summed E-state index contributed by atoms with van der Waals surface area (Å²) in [5.74, 6) is 0.0309. The first-order valence-corrected chi connectivity index (χ1v) is 8.86. The van der Waals surface area contributed by atoms with Crippen LogP contribution in [0.3, 0.4) is 0 Å². The predicted octanol–water partition coefficient (Wildman–Crippen LogP) is 3.99. The number of hydrogen-bond acceptors (Lipinski definition) is 3. The molecule has 1 aromatic heterocycles. The molecule has 0 unspecified atom stereocenters. The molecule has 0 fully saturated rings. The first-order valence-electron chi connectivity index (χ1n) is 7.98. The van der Waals surface area contributed by atoms with E-state index in [2.05, 4.69) is 23.6 Å². The Hall–Kier alpha value is -1.65. The number of rotatable bonds is 5. The number of aryl methyl sites for hydroxylation is 1. The summed E-state index contributed by atoms with van der Waals surface area (Å²) in [5.41, 5.74) is 4.18. The van der Waals surface area contributed by atoms with E-state index < -0.39 is 0 Å². The maximum Gasteiger partial charge on any atom is 0.256 e. The highest BCUT2D eigenvalue weighted by Gasteiger charge is 2.20. The van der Waals surface area contributed by atoms with Crippen molar-refractivity contribution >= 4 is 22.9 Å². The summed E-state index contributed by atoms with van der Waals surface area (Å²) < 4.78 is 0. The second kappa shape index (κ2) is 7.07. The monoisotopic (exact) mass is 314 g/mol. The molecule has 1 aromatic carbocycles. The van der Waals surface area contributed by atoms with Crippen molar-refractivity contribution < 1.29 is 4.79 Å². The van der Waals surface area contributed by atoms with Crippen LogP contribution in [-0.4, -0.2) is 12.5 Å². The molecule has 1 heterocycles. The number of hydrogen-bond donors (Lipinski definition) is 2. The molecule has 0 saturated heterocycles. The molecule has 0 atom stereocenters. The van der Waals surface area contributed by atoms with Crippen LogP contribution in [0.15, 0.2) is 29.6 Å². The molecular formula is C18H22N2OS. The first kappa shape index (κ1) is 15.3. The lowest BCUT2D eigenvalue weighted by Gasteiger charge is -2.14. The smallest absolute Gasteiger partial charge is 0.256 e. The summed E-state index contributed by atoms with van der Waals surface area (Å²) in [5, 5.41) is 8.44. The van der Waals surface area contributed by atoms with Crippen molar-refractivity contribution in [2.45, 2.75) is 39.2 Å². The second-order valence-corrected chi connectivity index (χ2v) is 6.61. The van der Waals surface area contributed by atoms with Gasteiger partial charge in [0.2, 0.25) is 0 Å². The Balaban J connectivity index is 1.78. The van der Waals surface area contributed by atoms with Crippen molar-refractivity contribution in [1.82, 2.24) is 5.32 Å². The average molecular weight is 314 g/mol. The van der Waals surface area contributed by atoms with Gasteiger partial charge in [-0.2, -0.15) is 0 Å². The molecule has 0 aliphatic heterocycles. The zero-order valence-electron chi connectivity index (χ0n) is 12.9. The van der Waals surface area contributed by atoms with E-state index in [-0.39, 0.29) is 5.91 Å². The molecule has 1 aliphatic rings. The minimum atomic E-state index is 0.0309. The fourth-order valence-electron chi connectivity index (χ4n) is 2.93. The number of amides is 1. The van der Waals surface area contributed by atoms with Gasteiger partial charge in [0.25, 0.3) is 5.91 Å². The van der Waals surface area contributed by atoms with Crippen LogP contribution >= 0.6 is 11.3 Å². The van der Waals surface area contributed by atoms with Crippen molar-refractivity contribution in [1.29, 1.82) is 0 Å². The van der Waals surface area contributed by atoms with Crippen molar-refractivity contribution in [3.8, 4) is 0 Å². The van der Waals surface area contributed by atoms with Gasteiger partial charge in [0, 0.05) is 22.5 Å². The van der Waals surface area contributed by atoms with E-state index in [4.69, 9.17) is 0 Å². The minimum Gasteiger partial charge on any atom is -0.322 e. The van der Waals surface area contributed by atoms with Gasteiger partial charge >= 0.3 is 0 Å². The van der Waals surface area contributed by atoms with E-state index in [1.54, 1.807) is 11.3 Å². The molecule has 0 saturated carbocycles. The lowest BCUT2D eigenvalue weighted by Crippen LogP contribution is -2.18. The van der Waals surface area contributed by atoms with Crippen LogP contribution in [0.25, 0.3) is 0 Å². The molecular weight excluding hydrogens is 292 g/mol. The van der Waals surface area contributed by atoms with Gasteiger partial charge in [0.05, 0.1) is 5.56 Å². The topological polar surface area (TPSA) is 41.1 Å². The lowest BCUT2D eigenvalue weighted by molar-refractivity contribution is 0.102. The predicted molar refractivity (Wildman–Crippen MR) is 92.7 cm³/mol. The Morgan fingerprint density at radius 3 is 2.91 bits per heavy atom. The number of anilines is 1. The third-order valence-electron chi connectivity index (χ3n) is 4.14. The Morgan fingerprint density at radius 1 is 1.23 bits per heavy atom. The van der Waals surface area contributed by atoms with E-state index in [1.807, 2.05) is 23.6 Å². The third-order valence-corrected chi connectivity index (χ3v) is 5.23. The van der Waals surface area contributed by atoms with Gasteiger partial charge in [-0.05, 0) is 49.4 Å². The second-order valence-electron chi connectivity index (χ2n) is 5.65. The maximum absolute atomic E-state index is 12.6. The molecule has 2 aromatic rings. The molecule has 3 rings (SSSR count). The summed E-state index contributed by atoms with van der Waals surface area (Å²) in [6, 6.07) is 8.01. The number of nitrogens with one attached hydrogen (secondary N) is 2. The Kier molecular flexibility index (Phi) is 4.90. The zero-order valence-corrected chi connectivity index (χ0v) is 13.8. The first-order chi connectivity index (χ1) is 10.8. The number of fused-ring (bicyclic) bond motifs is 1. The van der Waals surface area contributed by atoms with Crippen LogP contribution in [-0.2, 0) is 19.4 Å².